The monoisotopic (exact) mass is 248 g/mol. The molecular formula is C12H12N2O2S. The Balaban J connectivity index is 2.03. The average Bonchev–Trinajstić information content (AvgIpc) is 2.68. The maximum Gasteiger partial charge on any atom is 0.307 e. The van der Waals surface area contributed by atoms with Gasteiger partial charge in [0.05, 0.1) is 10.9 Å². The Hall–Kier alpha value is -1.49. The molecule has 0 saturated heterocycles. The van der Waals surface area contributed by atoms with E-state index < -0.39 is 5.97 Å². The maximum atomic E-state index is 11.1. The van der Waals surface area contributed by atoms with E-state index in [-0.39, 0.29) is 17.3 Å². The van der Waals surface area contributed by atoms with Crippen LogP contribution >= 0.6 is 11.3 Å². The molecular weight excluding hydrogens is 236 g/mol. The molecule has 1 saturated carbocycles. The average molecular weight is 248 g/mol. The Morgan fingerprint density at radius 2 is 2.29 bits per heavy atom. The van der Waals surface area contributed by atoms with Crippen LogP contribution in [0, 0.1) is 11.3 Å². The van der Waals surface area contributed by atoms with E-state index in [1.54, 1.807) is 6.20 Å². The highest BCUT2D eigenvalue weighted by molar-refractivity contribution is 7.18. The minimum absolute atomic E-state index is 0.0270. The number of pyridine rings is 1. The lowest BCUT2D eigenvalue weighted by Gasteiger charge is -1.97. The van der Waals surface area contributed by atoms with Crippen LogP contribution in [-0.4, -0.2) is 21.0 Å². The van der Waals surface area contributed by atoms with E-state index in [9.17, 15) is 4.79 Å². The van der Waals surface area contributed by atoms with Gasteiger partial charge in [0.15, 0.2) is 0 Å². The van der Waals surface area contributed by atoms with Crippen LogP contribution in [0.3, 0.4) is 0 Å². The second-order valence-electron chi connectivity index (χ2n) is 4.99. The molecule has 4 nitrogen and oxygen atoms in total. The number of carboxylic acids is 1. The first-order valence-electron chi connectivity index (χ1n) is 5.46. The third kappa shape index (κ3) is 1.45. The normalized spacial score (nSPS) is 26.0. The summed E-state index contributed by atoms with van der Waals surface area (Å²) in [6, 6.07) is 3.76. The fraction of sp³-hybridized carbons (Fsp3) is 0.417. The molecule has 0 aliphatic heterocycles. The van der Waals surface area contributed by atoms with Crippen molar-refractivity contribution in [1.29, 1.82) is 0 Å². The smallest absolute Gasteiger partial charge is 0.307 e. The van der Waals surface area contributed by atoms with Crippen LogP contribution in [0.1, 0.15) is 24.8 Å². The Kier molecular flexibility index (Phi) is 2.04. The van der Waals surface area contributed by atoms with E-state index in [0.29, 0.717) is 0 Å². The van der Waals surface area contributed by atoms with Crippen molar-refractivity contribution in [3.8, 4) is 0 Å². The van der Waals surface area contributed by atoms with Crippen molar-refractivity contribution < 1.29 is 9.90 Å². The molecule has 0 spiro atoms. The van der Waals surface area contributed by atoms with Gasteiger partial charge in [-0.1, -0.05) is 25.2 Å². The highest BCUT2D eigenvalue weighted by Crippen LogP contribution is 2.65. The molecule has 1 fully saturated rings. The third-order valence-corrected chi connectivity index (χ3v) is 4.60. The molecule has 1 aliphatic carbocycles. The lowest BCUT2D eigenvalue weighted by molar-refractivity contribution is -0.139. The summed E-state index contributed by atoms with van der Waals surface area (Å²) in [6.45, 7) is 3.96. The van der Waals surface area contributed by atoms with E-state index in [1.165, 1.54) is 11.3 Å². The second kappa shape index (κ2) is 3.26. The zero-order chi connectivity index (χ0) is 12.2. The summed E-state index contributed by atoms with van der Waals surface area (Å²) in [6.07, 6.45) is 1.73. The number of aliphatic carboxylic acids is 1. The van der Waals surface area contributed by atoms with Crippen LogP contribution in [0.4, 0.5) is 0 Å². The number of thiazole rings is 1. The fourth-order valence-electron chi connectivity index (χ4n) is 2.48. The van der Waals surface area contributed by atoms with E-state index in [2.05, 4.69) is 9.97 Å². The highest BCUT2D eigenvalue weighted by atomic mass is 32.1. The first kappa shape index (κ1) is 10.7. The molecule has 2 unspecified atom stereocenters. The molecule has 1 N–H and O–H groups in total. The molecule has 0 radical (unpaired) electrons. The number of hydrogen-bond donors (Lipinski definition) is 1. The van der Waals surface area contributed by atoms with Gasteiger partial charge in [0.25, 0.3) is 0 Å². The van der Waals surface area contributed by atoms with Gasteiger partial charge in [-0.05, 0) is 17.5 Å². The Morgan fingerprint density at radius 1 is 1.53 bits per heavy atom. The van der Waals surface area contributed by atoms with Crippen LogP contribution in [0.2, 0.25) is 0 Å². The van der Waals surface area contributed by atoms with E-state index in [1.807, 2.05) is 26.0 Å². The standard InChI is InChI=1S/C12H12N2O2S/c1-12(2)7(8(12)11(15)16)10-14-6-4-3-5-13-9(6)17-10/h3-5,7-8H,1-2H3,(H,15,16). The zero-order valence-corrected chi connectivity index (χ0v) is 10.4. The minimum Gasteiger partial charge on any atom is -0.481 e. The van der Waals surface area contributed by atoms with Crippen molar-refractivity contribution in [3.63, 3.8) is 0 Å². The van der Waals surface area contributed by atoms with Gasteiger partial charge >= 0.3 is 5.97 Å². The number of carbonyl (C=O) groups is 1. The van der Waals surface area contributed by atoms with Crippen molar-refractivity contribution in [2.45, 2.75) is 19.8 Å². The molecule has 2 aromatic heterocycles. The quantitative estimate of drug-likeness (QED) is 0.887. The zero-order valence-electron chi connectivity index (χ0n) is 9.54. The number of hydrogen-bond acceptors (Lipinski definition) is 4. The van der Waals surface area contributed by atoms with Crippen molar-refractivity contribution >= 4 is 27.7 Å². The van der Waals surface area contributed by atoms with Crippen molar-refractivity contribution in [1.82, 2.24) is 9.97 Å². The Morgan fingerprint density at radius 3 is 2.88 bits per heavy atom. The molecule has 0 bridgehead atoms. The van der Waals surface area contributed by atoms with E-state index >= 15 is 0 Å². The molecule has 0 aromatic carbocycles. The van der Waals surface area contributed by atoms with Crippen LogP contribution in [0.25, 0.3) is 10.3 Å². The lowest BCUT2D eigenvalue weighted by Crippen LogP contribution is -2.03. The number of carboxylic acid groups (broad SMARTS) is 1. The predicted octanol–water partition coefficient (Wildman–Crippen LogP) is 2.52. The Bertz CT molecular complexity index is 572. The van der Waals surface area contributed by atoms with Crippen LogP contribution in [0.15, 0.2) is 18.3 Å². The van der Waals surface area contributed by atoms with Crippen LogP contribution in [-0.2, 0) is 4.79 Å². The summed E-state index contributed by atoms with van der Waals surface area (Å²) in [5.41, 5.74) is 0.666. The molecule has 2 atom stereocenters. The SMILES string of the molecule is CC1(C)C(C(=O)O)C1c1nc2cccnc2s1. The van der Waals surface area contributed by atoms with Crippen molar-refractivity contribution in [2.24, 2.45) is 11.3 Å². The lowest BCUT2D eigenvalue weighted by atomic mass is 10.1. The maximum absolute atomic E-state index is 11.1. The number of fused-ring (bicyclic) bond motifs is 1. The second-order valence-corrected chi connectivity index (χ2v) is 6.00. The van der Waals surface area contributed by atoms with Gasteiger partial charge in [-0.25, -0.2) is 9.97 Å². The molecule has 0 amide bonds. The van der Waals surface area contributed by atoms with Crippen LogP contribution < -0.4 is 0 Å². The number of rotatable bonds is 2. The third-order valence-electron chi connectivity index (χ3n) is 3.54. The molecule has 5 heteroatoms. The topological polar surface area (TPSA) is 63.1 Å². The summed E-state index contributed by atoms with van der Waals surface area (Å²) in [7, 11) is 0. The molecule has 1 aliphatic rings. The van der Waals surface area contributed by atoms with Gasteiger partial charge < -0.3 is 5.11 Å². The van der Waals surface area contributed by atoms with Gasteiger partial charge in [-0.2, -0.15) is 0 Å². The molecule has 88 valence electrons. The Labute approximate surface area is 102 Å². The van der Waals surface area contributed by atoms with Gasteiger partial charge in [-0.15, -0.1) is 0 Å². The summed E-state index contributed by atoms with van der Waals surface area (Å²) in [5, 5.41) is 10.1. The summed E-state index contributed by atoms with van der Waals surface area (Å²) in [5.74, 6) is -1.02. The molecule has 2 heterocycles. The molecule has 2 aromatic rings. The van der Waals surface area contributed by atoms with E-state index in [0.717, 1.165) is 15.4 Å². The largest absolute Gasteiger partial charge is 0.481 e. The number of nitrogens with zero attached hydrogens (tertiary/aromatic N) is 2. The minimum atomic E-state index is -0.729. The summed E-state index contributed by atoms with van der Waals surface area (Å²) in [4.78, 5) is 20.8. The fourth-order valence-corrected chi connectivity index (χ4v) is 3.72. The van der Waals surface area contributed by atoms with Gasteiger partial charge in [0.2, 0.25) is 0 Å². The first-order chi connectivity index (χ1) is 8.01. The van der Waals surface area contributed by atoms with E-state index in [4.69, 9.17) is 5.11 Å². The van der Waals surface area contributed by atoms with Crippen molar-refractivity contribution in [3.05, 3.63) is 23.3 Å². The van der Waals surface area contributed by atoms with Crippen molar-refractivity contribution in [2.75, 3.05) is 0 Å². The van der Waals surface area contributed by atoms with Crippen LogP contribution in [0.5, 0.6) is 0 Å². The summed E-state index contributed by atoms with van der Waals surface area (Å²) < 4.78 is 0. The van der Waals surface area contributed by atoms with Gasteiger partial charge in [0.1, 0.15) is 10.3 Å². The van der Waals surface area contributed by atoms with Gasteiger partial charge in [-0.3, -0.25) is 4.79 Å². The molecule has 3 rings (SSSR count). The number of aromatic nitrogens is 2. The summed E-state index contributed by atoms with van der Waals surface area (Å²) >= 11 is 1.51. The predicted molar refractivity (Wildman–Crippen MR) is 65.1 cm³/mol. The highest BCUT2D eigenvalue weighted by Gasteiger charge is 2.64. The molecule has 17 heavy (non-hydrogen) atoms. The first-order valence-corrected chi connectivity index (χ1v) is 6.27. The van der Waals surface area contributed by atoms with Gasteiger partial charge in [0, 0.05) is 12.1 Å².